The van der Waals surface area contributed by atoms with Crippen molar-refractivity contribution in [2.24, 2.45) is 0 Å². The molecule has 8 aromatic carbocycles. The highest BCUT2D eigenvalue weighted by Crippen LogP contribution is 2.41. The zero-order chi connectivity index (χ0) is 32.1. The Morgan fingerprint density at radius 1 is 0.327 bits per heavy atom. The van der Waals surface area contributed by atoms with Crippen molar-refractivity contribution in [2.45, 2.75) is 0 Å². The molecular weight excluding hydrogens is 597 g/mol. The highest BCUT2D eigenvalue weighted by Gasteiger charge is 2.19. The van der Waals surface area contributed by atoms with Gasteiger partial charge in [0.05, 0.1) is 22.1 Å². The van der Waals surface area contributed by atoms with Gasteiger partial charge >= 0.3 is 0 Å². The van der Waals surface area contributed by atoms with Gasteiger partial charge in [-0.1, -0.05) is 109 Å². The number of rotatable bonds is 3. The van der Waals surface area contributed by atoms with Crippen molar-refractivity contribution < 1.29 is 4.42 Å². The van der Waals surface area contributed by atoms with Crippen LogP contribution < -0.4 is 0 Å². The molecule has 3 aromatic heterocycles. The fourth-order valence-corrected chi connectivity index (χ4v) is 8.11. The van der Waals surface area contributed by atoms with Gasteiger partial charge in [0.15, 0.2) is 0 Å². The van der Waals surface area contributed by atoms with Crippen LogP contribution in [0.25, 0.3) is 98.8 Å². The third-order valence-corrected chi connectivity index (χ3v) is 10.3. The van der Waals surface area contributed by atoms with Gasteiger partial charge in [-0.15, -0.1) is 0 Å². The van der Waals surface area contributed by atoms with E-state index in [1.807, 2.05) is 12.1 Å². The predicted octanol–water partition coefficient (Wildman–Crippen LogP) is 12.6. The maximum absolute atomic E-state index is 6.34. The minimum Gasteiger partial charge on any atom is -0.456 e. The van der Waals surface area contributed by atoms with E-state index in [2.05, 4.69) is 167 Å². The first kappa shape index (κ1) is 26.5. The summed E-state index contributed by atoms with van der Waals surface area (Å²) in [5, 5.41) is 9.73. The summed E-state index contributed by atoms with van der Waals surface area (Å²) in [4.78, 5) is 0. The van der Waals surface area contributed by atoms with Gasteiger partial charge in [0.2, 0.25) is 0 Å². The summed E-state index contributed by atoms with van der Waals surface area (Å²) in [6.07, 6.45) is 0. The summed E-state index contributed by atoms with van der Waals surface area (Å²) in [6, 6.07) is 61.4. The molecule has 0 saturated heterocycles. The molecule has 0 aliphatic carbocycles. The van der Waals surface area contributed by atoms with E-state index in [1.54, 1.807) is 0 Å². The summed E-state index contributed by atoms with van der Waals surface area (Å²) in [6.45, 7) is 0. The lowest BCUT2D eigenvalue weighted by atomic mass is 9.98. The number of benzene rings is 8. The predicted molar refractivity (Wildman–Crippen MR) is 205 cm³/mol. The van der Waals surface area contributed by atoms with Crippen LogP contribution in [0.2, 0.25) is 0 Å². The van der Waals surface area contributed by atoms with E-state index < -0.39 is 0 Å². The smallest absolute Gasteiger partial charge is 0.137 e. The minimum atomic E-state index is 0.897. The molecule has 0 saturated carbocycles. The Kier molecular flexibility index (Phi) is 5.38. The second-order valence-electron chi connectivity index (χ2n) is 12.9. The molecular formula is C46H28N2O. The van der Waals surface area contributed by atoms with Gasteiger partial charge in [0.1, 0.15) is 11.2 Å². The van der Waals surface area contributed by atoms with Gasteiger partial charge in [0, 0.05) is 49.8 Å². The lowest BCUT2D eigenvalue weighted by molar-refractivity contribution is 0.668. The van der Waals surface area contributed by atoms with Gasteiger partial charge in [-0.25, -0.2) is 0 Å². The second-order valence-corrected chi connectivity index (χ2v) is 12.9. The van der Waals surface area contributed by atoms with Gasteiger partial charge in [-0.2, -0.15) is 0 Å². The Morgan fingerprint density at radius 3 is 1.61 bits per heavy atom. The van der Waals surface area contributed by atoms with E-state index >= 15 is 0 Å². The SMILES string of the molecule is c1ccc2c(-c3ccc(-n4c5ccccc5c5cc6c(cc54)c4ccccc4n6-c4ccc5c(c4)oc4ccccc45)cc3)cccc2c1. The number of para-hydroxylation sites is 3. The monoisotopic (exact) mass is 624 g/mol. The van der Waals surface area contributed by atoms with Crippen molar-refractivity contribution in [1.29, 1.82) is 0 Å². The van der Waals surface area contributed by atoms with Crippen LogP contribution in [0, 0.1) is 0 Å². The first-order valence-corrected chi connectivity index (χ1v) is 16.8. The van der Waals surface area contributed by atoms with Crippen LogP contribution in [0.3, 0.4) is 0 Å². The topological polar surface area (TPSA) is 23.0 Å². The Labute approximate surface area is 281 Å². The summed E-state index contributed by atoms with van der Waals surface area (Å²) in [5.41, 5.74) is 11.3. The zero-order valence-electron chi connectivity index (χ0n) is 26.5. The van der Waals surface area contributed by atoms with Gasteiger partial charge in [-0.05, 0) is 76.5 Å². The van der Waals surface area contributed by atoms with E-state index in [-0.39, 0.29) is 0 Å². The van der Waals surface area contributed by atoms with E-state index in [0.29, 0.717) is 0 Å². The number of hydrogen-bond donors (Lipinski definition) is 0. The fourth-order valence-electron chi connectivity index (χ4n) is 8.11. The Balaban J connectivity index is 1.15. The third-order valence-electron chi connectivity index (χ3n) is 10.3. The van der Waals surface area contributed by atoms with Crippen molar-refractivity contribution in [2.75, 3.05) is 0 Å². The van der Waals surface area contributed by atoms with Crippen molar-refractivity contribution in [3.63, 3.8) is 0 Å². The van der Waals surface area contributed by atoms with Crippen LogP contribution in [0.4, 0.5) is 0 Å². The Hall–Kier alpha value is -6.58. The Morgan fingerprint density at radius 2 is 0.878 bits per heavy atom. The third kappa shape index (κ3) is 3.78. The minimum absolute atomic E-state index is 0.897. The molecule has 0 radical (unpaired) electrons. The molecule has 0 fully saturated rings. The van der Waals surface area contributed by atoms with E-state index in [1.165, 1.54) is 65.5 Å². The maximum atomic E-state index is 6.34. The largest absolute Gasteiger partial charge is 0.456 e. The highest BCUT2D eigenvalue weighted by atomic mass is 16.3. The molecule has 0 aliphatic rings. The highest BCUT2D eigenvalue weighted by molar-refractivity contribution is 6.19. The summed E-state index contributed by atoms with van der Waals surface area (Å²) in [5.74, 6) is 0. The van der Waals surface area contributed by atoms with Crippen molar-refractivity contribution >= 4 is 76.3 Å². The van der Waals surface area contributed by atoms with Crippen LogP contribution in [0.1, 0.15) is 0 Å². The van der Waals surface area contributed by atoms with Crippen LogP contribution in [-0.2, 0) is 0 Å². The molecule has 0 aliphatic heterocycles. The quantitative estimate of drug-likeness (QED) is 0.192. The average Bonchev–Trinajstić information content (AvgIpc) is 3.81. The first-order valence-electron chi connectivity index (χ1n) is 16.8. The summed E-state index contributed by atoms with van der Waals surface area (Å²) >= 11 is 0. The van der Waals surface area contributed by atoms with Crippen molar-refractivity contribution in [1.82, 2.24) is 9.13 Å². The number of furan rings is 1. The molecule has 0 bridgehead atoms. The molecule has 0 amide bonds. The van der Waals surface area contributed by atoms with Crippen molar-refractivity contribution in [3.8, 4) is 22.5 Å². The zero-order valence-corrected chi connectivity index (χ0v) is 26.5. The van der Waals surface area contributed by atoms with Crippen LogP contribution in [0.15, 0.2) is 174 Å². The summed E-state index contributed by atoms with van der Waals surface area (Å²) in [7, 11) is 0. The van der Waals surface area contributed by atoms with Crippen molar-refractivity contribution in [3.05, 3.63) is 170 Å². The molecule has 49 heavy (non-hydrogen) atoms. The maximum Gasteiger partial charge on any atom is 0.137 e. The molecule has 0 N–H and O–H groups in total. The number of fused-ring (bicyclic) bond motifs is 10. The number of aromatic nitrogens is 2. The molecule has 11 aromatic rings. The Bertz CT molecular complexity index is 3090. The van der Waals surface area contributed by atoms with Gasteiger partial charge < -0.3 is 13.6 Å². The molecule has 0 spiro atoms. The molecule has 3 heteroatoms. The van der Waals surface area contributed by atoms with E-state index in [4.69, 9.17) is 4.42 Å². The average molecular weight is 625 g/mol. The lowest BCUT2D eigenvalue weighted by Gasteiger charge is -2.11. The standard InChI is InChI=1S/C46H28N2O/c1-2-12-33-29(10-1)11-9-16-34(33)30-20-22-31(23-21-30)47-41-17-6-3-13-35(41)39-28-44-40(27-43(39)47)36-14-4-7-18-42(36)48(44)32-24-25-38-37-15-5-8-19-45(37)49-46(38)26-32/h1-28H. The van der Waals surface area contributed by atoms with Crippen LogP contribution in [-0.4, -0.2) is 9.13 Å². The lowest BCUT2D eigenvalue weighted by Crippen LogP contribution is -1.95. The molecule has 228 valence electrons. The first-order chi connectivity index (χ1) is 24.3. The number of hydrogen-bond acceptors (Lipinski definition) is 1. The summed E-state index contributed by atoms with van der Waals surface area (Å²) < 4.78 is 11.1. The van der Waals surface area contributed by atoms with Crippen LogP contribution >= 0.6 is 0 Å². The second kappa shape index (κ2) is 9.96. The molecule has 0 unspecified atom stereocenters. The van der Waals surface area contributed by atoms with Gasteiger partial charge in [-0.3, -0.25) is 0 Å². The molecule has 0 atom stereocenters. The fraction of sp³-hybridized carbons (Fsp3) is 0. The van der Waals surface area contributed by atoms with Crippen LogP contribution in [0.5, 0.6) is 0 Å². The molecule has 3 nitrogen and oxygen atoms in total. The van der Waals surface area contributed by atoms with E-state index in [0.717, 1.165) is 33.3 Å². The van der Waals surface area contributed by atoms with Gasteiger partial charge in [0.25, 0.3) is 0 Å². The molecule has 3 heterocycles. The molecule has 11 rings (SSSR count). The normalized spacial score (nSPS) is 12.1. The van der Waals surface area contributed by atoms with E-state index in [9.17, 15) is 0 Å². The number of nitrogens with zero attached hydrogens (tertiary/aromatic N) is 2.